The molecule has 104 valence electrons. The number of ether oxygens (including phenoxy) is 1. The lowest BCUT2D eigenvalue weighted by molar-refractivity contribution is 0.0698. The van der Waals surface area contributed by atoms with Crippen LogP contribution in [-0.4, -0.2) is 17.2 Å². The topological polar surface area (TPSA) is 75.6 Å². The standard InChI is InChI=1S/C14H13NO4S/c1-9-12(11(8-20-9)13(16)17)15-14(18)19-7-10-5-3-2-4-6-10/h2-6,8H,7H2,1H3,(H,15,18)(H,16,17). The van der Waals surface area contributed by atoms with Crippen LogP contribution in [-0.2, 0) is 11.3 Å². The highest BCUT2D eigenvalue weighted by atomic mass is 32.1. The molecule has 0 spiro atoms. The highest BCUT2D eigenvalue weighted by molar-refractivity contribution is 7.10. The summed E-state index contributed by atoms with van der Waals surface area (Å²) >= 11 is 1.26. The van der Waals surface area contributed by atoms with Crippen LogP contribution in [0.4, 0.5) is 10.5 Å². The SMILES string of the molecule is Cc1scc(C(=O)O)c1NC(=O)OCc1ccccc1. The predicted molar refractivity (Wildman–Crippen MR) is 76.3 cm³/mol. The molecule has 0 unspecified atom stereocenters. The third-order valence-electron chi connectivity index (χ3n) is 2.65. The number of hydrogen-bond donors (Lipinski definition) is 2. The van der Waals surface area contributed by atoms with Crippen molar-refractivity contribution >= 4 is 29.1 Å². The van der Waals surface area contributed by atoms with Gasteiger partial charge in [0.2, 0.25) is 0 Å². The Morgan fingerprint density at radius 1 is 1.30 bits per heavy atom. The van der Waals surface area contributed by atoms with E-state index in [0.717, 1.165) is 10.4 Å². The van der Waals surface area contributed by atoms with E-state index >= 15 is 0 Å². The van der Waals surface area contributed by atoms with Gasteiger partial charge >= 0.3 is 12.1 Å². The Morgan fingerprint density at radius 2 is 2.00 bits per heavy atom. The van der Waals surface area contributed by atoms with Crippen LogP contribution in [0, 0.1) is 6.92 Å². The number of carbonyl (C=O) groups excluding carboxylic acids is 1. The molecule has 0 atom stereocenters. The first-order valence-electron chi connectivity index (χ1n) is 5.87. The van der Waals surface area contributed by atoms with E-state index in [4.69, 9.17) is 9.84 Å². The zero-order valence-corrected chi connectivity index (χ0v) is 11.6. The molecule has 6 heteroatoms. The average Bonchev–Trinajstić information content (AvgIpc) is 2.79. The Labute approximate surface area is 119 Å². The summed E-state index contributed by atoms with van der Waals surface area (Å²) in [5.74, 6) is -1.08. The lowest BCUT2D eigenvalue weighted by Gasteiger charge is -2.07. The Balaban J connectivity index is 1.98. The molecule has 0 fully saturated rings. The summed E-state index contributed by atoms with van der Waals surface area (Å²) in [6.07, 6.45) is -0.669. The lowest BCUT2D eigenvalue weighted by Crippen LogP contribution is -2.15. The predicted octanol–water partition coefficient (Wildman–Crippen LogP) is 3.50. The normalized spacial score (nSPS) is 10.1. The Hall–Kier alpha value is -2.34. The Morgan fingerprint density at radius 3 is 2.65 bits per heavy atom. The van der Waals surface area contributed by atoms with Gasteiger partial charge in [0.15, 0.2) is 0 Å². The number of thiophene rings is 1. The van der Waals surface area contributed by atoms with E-state index < -0.39 is 12.1 Å². The van der Waals surface area contributed by atoms with Crippen LogP contribution in [0.15, 0.2) is 35.7 Å². The Kier molecular flexibility index (Phi) is 4.37. The minimum atomic E-state index is -1.08. The molecule has 0 saturated heterocycles. The van der Waals surface area contributed by atoms with Crippen LogP contribution in [0.2, 0.25) is 0 Å². The summed E-state index contributed by atoms with van der Waals surface area (Å²) in [5, 5.41) is 13.0. The number of carboxylic acids is 1. The van der Waals surface area contributed by atoms with Crippen molar-refractivity contribution in [3.8, 4) is 0 Å². The molecule has 2 aromatic rings. The third-order valence-corrected chi connectivity index (χ3v) is 3.56. The maximum Gasteiger partial charge on any atom is 0.412 e. The van der Waals surface area contributed by atoms with E-state index in [9.17, 15) is 9.59 Å². The van der Waals surface area contributed by atoms with Gasteiger partial charge in [-0.15, -0.1) is 11.3 Å². The molecule has 1 amide bonds. The quantitative estimate of drug-likeness (QED) is 0.904. The molecule has 1 aromatic carbocycles. The van der Waals surface area contributed by atoms with Crippen molar-refractivity contribution in [3.05, 3.63) is 51.7 Å². The van der Waals surface area contributed by atoms with Gasteiger partial charge in [-0.3, -0.25) is 5.32 Å². The van der Waals surface area contributed by atoms with Crippen LogP contribution < -0.4 is 5.32 Å². The fraction of sp³-hybridized carbons (Fsp3) is 0.143. The van der Waals surface area contributed by atoms with Crippen molar-refractivity contribution in [3.63, 3.8) is 0 Å². The number of benzene rings is 1. The van der Waals surface area contributed by atoms with Crippen molar-refractivity contribution in [1.29, 1.82) is 0 Å². The first kappa shape index (κ1) is 14.1. The molecule has 1 aromatic heterocycles. The van der Waals surface area contributed by atoms with E-state index in [1.807, 2.05) is 30.3 Å². The molecule has 5 nitrogen and oxygen atoms in total. The second-order valence-corrected chi connectivity index (χ2v) is 5.16. The van der Waals surface area contributed by atoms with Gasteiger partial charge in [-0.25, -0.2) is 9.59 Å². The molecule has 0 bridgehead atoms. The minimum Gasteiger partial charge on any atom is -0.478 e. The molecule has 0 aliphatic heterocycles. The van der Waals surface area contributed by atoms with E-state index in [-0.39, 0.29) is 12.2 Å². The van der Waals surface area contributed by atoms with Crippen molar-refractivity contribution < 1.29 is 19.4 Å². The monoisotopic (exact) mass is 291 g/mol. The molecule has 0 aliphatic rings. The van der Waals surface area contributed by atoms with Crippen molar-refractivity contribution in [2.24, 2.45) is 0 Å². The van der Waals surface area contributed by atoms with E-state index in [1.54, 1.807) is 6.92 Å². The zero-order valence-electron chi connectivity index (χ0n) is 10.8. The number of nitrogens with one attached hydrogen (secondary N) is 1. The van der Waals surface area contributed by atoms with E-state index in [1.165, 1.54) is 16.7 Å². The zero-order chi connectivity index (χ0) is 14.5. The number of aryl methyl sites for hydroxylation is 1. The Bertz CT molecular complexity index is 621. The maximum atomic E-state index is 11.7. The summed E-state index contributed by atoms with van der Waals surface area (Å²) in [4.78, 5) is 23.4. The number of carbonyl (C=O) groups is 2. The van der Waals surface area contributed by atoms with Gasteiger partial charge in [-0.1, -0.05) is 30.3 Å². The summed E-state index contributed by atoms with van der Waals surface area (Å²) < 4.78 is 5.05. The fourth-order valence-corrected chi connectivity index (χ4v) is 2.42. The molecular weight excluding hydrogens is 278 g/mol. The highest BCUT2D eigenvalue weighted by Gasteiger charge is 2.17. The second kappa shape index (κ2) is 6.21. The van der Waals surface area contributed by atoms with Gasteiger partial charge < -0.3 is 9.84 Å². The number of anilines is 1. The molecule has 2 rings (SSSR count). The number of hydrogen-bond acceptors (Lipinski definition) is 4. The second-order valence-electron chi connectivity index (χ2n) is 4.07. The smallest absolute Gasteiger partial charge is 0.412 e. The van der Waals surface area contributed by atoms with Crippen molar-refractivity contribution in [2.45, 2.75) is 13.5 Å². The van der Waals surface area contributed by atoms with Crippen LogP contribution in [0.5, 0.6) is 0 Å². The van der Waals surface area contributed by atoms with Gasteiger partial charge in [0.05, 0.1) is 11.3 Å². The van der Waals surface area contributed by atoms with Gasteiger partial charge in [0.25, 0.3) is 0 Å². The van der Waals surface area contributed by atoms with Gasteiger partial charge in [0, 0.05) is 10.3 Å². The summed E-state index contributed by atoms with van der Waals surface area (Å²) in [5.41, 5.74) is 1.23. The first-order chi connectivity index (χ1) is 9.58. The number of aromatic carboxylic acids is 1. The lowest BCUT2D eigenvalue weighted by atomic mass is 10.2. The van der Waals surface area contributed by atoms with E-state index in [0.29, 0.717) is 5.69 Å². The summed E-state index contributed by atoms with van der Waals surface area (Å²) in [6.45, 7) is 1.88. The van der Waals surface area contributed by atoms with E-state index in [2.05, 4.69) is 5.32 Å². The highest BCUT2D eigenvalue weighted by Crippen LogP contribution is 2.27. The number of amides is 1. The molecule has 2 N–H and O–H groups in total. The number of rotatable bonds is 4. The molecule has 0 saturated carbocycles. The summed E-state index contributed by atoms with van der Waals surface area (Å²) in [7, 11) is 0. The van der Waals surface area contributed by atoms with Crippen LogP contribution in [0.25, 0.3) is 0 Å². The minimum absolute atomic E-state index is 0.0733. The molecular formula is C14H13NO4S. The number of carboxylic acid groups (broad SMARTS) is 1. The van der Waals surface area contributed by atoms with Crippen molar-refractivity contribution in [2.75, 3.05) is 5.32 Å². The first-order valence-corrected chi connectivity index (χ1v) is 6.75. The molecule has 0 radical (unpaired) electrons. The molecule has 20 heavy (non-hydrogen) atoms. The largest absolute Gasteiger partial charge is 0.478 e. The van der Waals surface area contributed by atoms with Crippen LogP contribution in [0.1, 0.15) is 20.8 Å². The third kappa shape index (κ3) is 3.36. The molecule has 0 aliphatic carbocycles. The van der Waals surface area contributed by atoms with Crippen LogP contribution >= 0.6 is 11.3 Å². The molecule has 1 heterocycles. The van der Waals surface area contributed by atoms with Gasteiger partial charge in [0.1, 0.15) is 6.61 Å². The van der Waals surface area contributed by atoms with Gasteiger partial charge in [-0.2, -0.15) is 0 Å². The average molecular weight is 291 g/mol. The maximum absolute atomic E-state index is 11.7. The fourth-order valence-electron chi connectivity index (χ4n) is 1.63. The summed E-state index contributed by atoms with van der Waals surface area (Å²) in [6, 6.07) is 9.25. The van der Waals surface area contributed by atoms with Gasteiger partial charge in [-0.05, 0) is 12.5 Å². The van der Waals surface area contributed by atoms with Crippen molar-refractivity contribution in [1.82, 2.24) is 0 Å². The van der Waals surface area contributed by atoms with Crippen LogP contribution in [0.3, 0.4) is 0 Å².